The Hall–Kier alpha value is -0.813. The fraction of sp³-hybridized carbons (Fsp3) is 0.800. The van der Waals surface area contributed by atoms with Gasteiger partial charge in [-0.3, -0.25) is 0 Å². The second-order valence-electron chi connectivity index (χ2n) is 6.77. The Bertz CT molecular complexity index is 339. The average Bonchev–Trinajstić information content (AvgIpc) is 2.76. The molecule has 1 aliphatic heterocycles. The highest BCUT2D eigenvalue weighted by Crippen LogP contribution is 2.38. The summed E-state index contributed by atoms with van der Waals surface area (Å²) in [6.45, 7) is 16.2. The Labute approximate surface area is 124 Å². The minimum Gasteiger partial charge on any atom is -0.445 e. The molecule has 0 aromatic carbocycles. The van der Waals surface area contributed by atoms with Crippen molar-refractivity contribution in [2.45, 2.75) is 46.3 Å². The third-order valence-electron chi connectivity index (χ3n) is 3.82. The number of amides is 1. The van der Waals surface area contributed by atoms with Crippen molar-refractivity contribution >= 4 is 15.1 Å². The highest BCUT2D eigenvalue weighted by molar-refractivity contribution is 6.48. The van der Waals surface area contributed by atoms with Crippen molar-refractivity contribution in [1.82, 2.24) is 4.90 Å². The van der Waals surface area contributed by atoms with Crippen molar-refractivity contribution in [2.75, 3.05) is 19.8 Å². The quantitative estimate of drug-likeness (QED) is 0.578. The molecular formula is C15H29NO3Si. The summed E-state index contributed by atoms with van der Waals surface area (Å²) in [7, 11) is -1.08. The molecule has 1 fully saturated rings. The highest BCUT2D eigenvalue weighted by atomic mass is 28.3. The minimum atomic E-state index is -1.08. The van der Waals surface area contributed by atoms with Crippen LogP contribution in [0.15, 0.2) is 12.7 Å². The lowest BCUT2D eigenvalue weighted by Crippen LogP contribution is -2.44. The van der Waals surface area contributed by atoms with Crippen LogP contribution in [0.1, 0.15) is 27.2 Å². The Morgan fingerprint density at radius 3 is 2.60 bits per heavy atom. The lowest BCUT2D eigenvalue weighted by molar-refractivity contribution is 0.0727. The Balaban J connectivity index is 2.77. The summed E-state index contributed by atoms with van der Waals surface area (Å²) in [5.74, 6) is 0.450. The van der Waals surface area contributed by atoms with Gasteiger partial charge in [0.25, 0.3) is 0 Å². The van der Waals surface area contributed by atoms with Gasteiger partial charge in [-0.2, -0.15) is 0 Å². The van der Waals surface area contributed by atoms with Crippen LogP contribution in [0.5, 0.6) is 0 Å². The molecule has 2 atom stereocenters. The first kappa shape index (κ1) is 17.2. The maximum Gasteiger partial charge on any atom is 0.410 e. The normalized spacial score (nSPS) is 23.2. The molecule has 0 N–H and O–H groups in total. The SMILES string of the molecule is C=CCOC(=O)N1CCC(C(C)(C)C)C1CO[SiH](C)C. The van der Waals surface area contributed by atoms with Gasteiger partial charge in [-0.15, -0.1) is 0 Å². The summed E-state index contributed by atoms with van der Waals surface area (Å²) in [4.78, 5) is 14.0. The minimum absolute atomic E-state index is 0.127. The summed E-state index contributed by atoms with van der Waals surface area (Å²) in [5.41, 5.74) is 0.167. The fourth-order valence-electron chi connectivity index (χ4n) is 2.80. The number of carbonyl (C=O) groups is 1. The van der Waals surface area contributed by atoms with Crippen LogP contribution in [-0.4, -0.2) is 45.8 Å². The Morgan fingerprint density at radius 1 is 1.45 bits per heavy atom. The van der Waals surface area contributed by atoms with E-state index >= 15 is 0 Å². The smallest absolute Gasteiger partial charge is 0.410 e. The molecule has 20 heavy (non-hydrogen) atoms. The fourth-order valence-corrected chi connectivity index (χ4v) is 3.38. The molecule has 0 aromatic rings. The highest BCUT2D eigenvalue weighted by Gasteiger charge is 2.43. The molecule has 1 rings (SSSR count). The van der Waals surface area contributed by atoms with Crippen molar-refractivity contribution in [3.05, 3.63) is 12.7 Å². The van der Waals surface area contributed by atoms with E-state index in [2.05, 4.69) is 40.4 Å². The van der Waals surface area contributed by atoms with Gasteiger partial charge in [0.15, 0.2) is 9.04 Å². The van der Waals surface area contributed by atoms with Crippen molar-refractivity contribution < 1.29 is 14.0 Å². The van der Waals surface area contributed by atoms with E-state index in [-0.39, 0.29) is 24.2 Å². The maximum atomic E-state index is 12.1. The van der Waals surface area contributed by atoms with Crippen LogP contribution in [0.4, 0.5) is 4.79 Å². The first-order valence-corrected chi connectivity index (χ1v) is 10.2. The number of rotatable bonds is 5. The van der Waals surface area contributed by atoms with E-state index in [9.17, 15) is 4.79 Å². The molecule has 0 spiro atoms. The Morgan fingerprint density at radius 2 is 2.10 bits per heavy atom. The summed E-state index contributed by atoms with van der Waals surface area (Å²) in [6.07, 6.45) is 2.37. The van der Waals surface area contributed by atoms with E-state index in [0.717, 1.165) is 13.0 Å². The van der Waals surface area contributed by atoms with Crippen molar-refractivity contribution in [1.29, 1.82) is 0 Å². The predicted molar refractivity (Wildman–Crippen MR) is 84.4 cm³/mol. The average molecular weight is 299 g/mol. The summed E-state index contributed by atoms with van der Waals surface area (Å²) in [5, 5.41) is 0. The van der Waals surface area contributed by atoms with E-state index in [1.54, 1.807) is 6.08 Å². The predicted octanol–water partition coefficient (Wildman–Crippen LogP) is 3.05. The summed E-state index contributed by atoms with van der Waals surface area (Å²) < 4.78 is 11.1. The number of carbonyl (C=O) groups excluding carboxylic acids is 1. The molecule has 0 radical (unpaired) electrons. The molecule has 1 aliphatic rings. The third kappa shape index (κ3) is 4.63. The van der Waals surface area contributed by atoms with Gasteiger partial charge in [0.05, 0.1) is 12.6 Å². The lowest BCUT2D eigenvalue weighted by atomic mass is 9.76. The van der Waals surface area contributed by atoms with Crippen LogP contribution in [0.2, 0.25) is 13.1 Å². The van der Waals surface area contributed by atoms with Crippen molar-refractivity contribution in [3.63, 3.8) is 0 Å². The molecule has 1 saturated heterocycles. The number of likely N-dealkylation sites (tertiary alicyclic amines) is 1. The molecule has 116 valence electrons. The van der Waals surface area contributed by atoms with E-state index in [1.165, 1.54) is 0 Å². The zero-order chi connectivity index (χ0) is 15.3. The molecule has 5 heteroatoms. The second kappa shape index (κ2) is 7.27. The number of hydrogen-bond acceptors (Lipinski definition) is 3. The van der Waals surface area contributed by atoms with Gasteiger partial charge in [0.2, 0.25) is 0 Å². The Kier molecular flexibility index (Phi) is 6.26. The van der Waals surface area contributed by atoms with E-state index in [4.69, 9.17) is 9.16 Å². The molecule has 1 heterocycles. The van der Waals surface area contributed by atoms with Gasteiger partial charge >= 0.3 is 6.09 Å². The number of nitrogens with zero attached hydrogens (tertiary/aromatic N) is 1. The molecular weight excluding hydrogens is 270 g/mol. The maximum absolute atomic E-state index is 12.1. The third-order valence-corrected chi connectivity index (χ3v) is 4.68. The molecule has 4 nitrogen and oxygen atoms in total. The standard InChI is InChI=1S/C15H29NO3Si/c1-7-10-18-14(17)16-9-8-12(15(2,3)4)13(16)11-19-20(5)6/h7,12-13,20H,1,8-11H2,2-6H3. The summed E-state index contributed by atoms with van der Waals surface area (Å²) >= 11 is 0. The van der Waals surface area contributed by atoms with Gasteiger partial charge < -0.3 is 14.1 Å². The largest absolute Gasteiger partial charge is 0.445 e. The first-order chi connectivity index (χ1) is 9.27. The first-order valence-electron chi connectivity index (χ1n) is 7.43. The monoisotopic (exact) mass is 299 g/mol. The van der Waals surface area contributed by atoms with Crippen LogP contribution < -0.4 is 0 Å². The van der Waals surface area contributed by atoms with Crippen molar-refractivity contribution in [2.24, 2.45) is 11.3 Å². The molecule has 1 amide bonds. The van der Waals surface area contributed by atoms with Crippen LogP contribution in [0.3, 0.4) is 0 Å². The number of hydrogen-bond donors (Lipinski definition) is 0. The van der Waals surface area contributed by atoms with Gasteiger partial charge in [0.1, 0.15) is 6.61 Å². The van der Waals surface area contributed by atoms with Crippen LogP contribution in [-0.2, 0) is 9.16 Å². The van der Waals surface area contributed by atoms with Crippen LogP contribution in [0, 0.1) is 11.3 Å². The van der Waals surface area contributed by atoms with Crippen molar-refractivity contribution in [3.8, 4) is 0 Å². The summed E-state index contributed by atoms with van der Waals surface area (Å²) in [6, 6.07) is 0.127. The molecule has 0 saturated carbocycles. The van der Waals surface area contributed by atoms with Gasteiger partial charge in [-0.05, 0) is 30.8 Å². The van der Waals surface area contributed by atoms with Gasteiger partial charge in [-0.1, -0.05) is 33.4 Å². The van der Waals surface area contributed by atoms with Crippen LogP contribution in [0.25, 0.3) is 0 Å². The van der Waals surface area contributed by atoms with E-state index in [0.29, 0.717) is 12.5 Å². The molecule has 0 aromatic heterocycles. The molecule has 2 unspecified atom stereocenters. The van der Waals surface area contributed by atoms with Gasteiger partial charge in [-0.25, -0.2) is 4.79 Å². The topological polar surface area (TPSA) is 38.8 Å². The van der Waals surface area contributed by atoms with Gasteiger partial charge in [0, 0.05) is 6.54 Å². The zero-order valence-electron chi connectivity index (χ0n) is 13.5. The van der Waals surface area contributed by atoms with E-state index in [1.807, 2.05) is 4.90 Å². The lowest BCUT2D eigenvalue weighted by Gasteiger charge is -2.35. The second-order valence-corrected chi connectivity index (χ2v) is 9.20. The molecule has 0 bridgehead atoms. The van der Waals surface area contributed by atoms with E-state index < -0.39 is 9.04 Å². The number of ether oxygens (including phenoxy) is 1. The molecule has 0 aliphatic carbocycles. The zero-order valence-corrected chi connectivity index (χ0v) is 14.7. The van der Waals surface area contributed by atoms with Crippen LogP contribution >= 0.6 is 0 Å².